The van der Waals surface area contributed by atoms with E-state index in [2.05, 4.69) is 5.92 Å². The number of carbonyl (C=O) groups is 1. The van der Waals surface area contributed by atoms with E-state index in [0.29, 0.717) is 17.1 Å². The second-order valence-electron chi connectivity index (χ2n) is 3.11. The first kappa shape index (κ1) is 12.6. The molecular formula is C12H11FO2S. The fourth-order valence-electron chi connectivity index (χ4n) is 1.10. The third kappa shape index (κ3) is 3.59. The predicted octanol–water partition coefficient (Wildman–Crippen LogP) is 3.03. The Hall–Kier alpha value is -1.47. The molecule has 1 rings (SSSR count). The molecule has 0 aromatic heterocycles. The van der Waals surface area contributed by atoms with Gasteiger partial charge in [-0.15, -0.1) is 24.1 Å². The zero-order valence-corrected chi connectivity index (χ0v) is 9.39. The largest absolute Gasteiger partial charge is 0.478 e. The van der Waals surface area contributed by atoms with E-state index in [1.807, 2.05) is 0 Å². The maximum atomic E-state index is 13.3. The van der Waals surface area contributed by atoms with Gasteiger partial charge >= 0.3 is 5.97 Å². The lowest BCUT2D eigenvalue weighted by atomic mass is 10.2. The molecule has 0 aliphatic heterocycles. The number of carboxylic acids is 1. The minimum atomic E-state index is -1.05. The lowest BCUT2D eigenvalue weighted by molar-refractivity contribution is 0.0696. The maximum Gasteiger partial charge on any atom is 0.335 e. The molecule has 0 bridgehead atoms. The summed E-state index contributed by atoms with van der Waals surface area (Å²) in [6.45, 7) is 0. The molecule has 2 nitrogen and oxygen atoms in total. The topological polar surface area (TPSA) is 37.3 Å². The number of benzene rings is 1. The zero-order chi connectivity index (χ0) is 12.0. The van der Waals surface area contributed by atoms with E-state index in [-0.39, 0.29) is 5.56 Å². The van der Waals surface area contributed by atoms with Crippen molar-refractivity contribution in [2.24, 2.45) is 0 Å². The summed E-state index contributed by atoms with van der Waals surface area (Å²) in [7, 11) is 0. The molecule has 0 heterocycles. The van der Waals surface area contributed by atoms with Gasteiger partial charge in [-0.05, 0) is 30.4 Å². The lowest BCUT2D eigenvalue weighted by Gasteiger charge is -2.03. The van der Waals surface area contributed by atoms with Crippen molar-refractivity contribution in [1.82, 2.24) is 0 Å². The van der Waals surface area contributed by atoms with Crippen LogP contribution in [0.15, 0.2) is 23.1 Å². The van der Waals surface area contributed by atoms with Crippen molar-refractivity contribution in [3.8, 4) is 12.3 Å². The van der Waals surface area contributed by atoms with Crippen LogP contribution in [0.3, 0.4) is 0 Å². The molecule has 0 saturated heterocycles. The summed E-state index contributed by atoms with van der Waals surface area (Å²) in [5.41, 5.74) is 0.0980. The van der Waals surface area contributed by atoms with Gasteiger partial charge in [0.15, 0.2) is 0 Å². The Labute approximate surface area is 97.9 Å². The maximum absolute atomic E-state index is 13.3. The van der Waals surface area contributed by atoms with Crippen molar-refractivity contribution in [2.45, 2.75) is 17.7 Å². The quantitative estimate of drug-likeness (QED) is 0.486. The Morgan fingerprint density at radius 2 is 2.31 bits per heavy atom. The number of hydrogen-bond donors (Lipinski definition) is 1. The summed E-state index contributed by atoms with van der Waals surface area (Å²) in [6, 6.07) is 3.77. The molecule has 0 aliphatic carbocycles. The van der Waals surface area contributed by atoms with Gasteiger partial charge in [-0.1, -0.05) is 0 Å². The molecule has 84 valence electrons. The molecule has 1 N–H and O–H groups in total. The minimum Gasteiger partial charge on any atom is -0.478 e. The van der Waals surface area contributed by atoms with Crippen LogP contribution in [0, 0.1) is 18.2 Å². The minimum absolute atomic E-state index is 0.0980. The highest BCUT2D eigenvalue weighted by Crippen LogP contribution is 2.24. The molecule has 0 spiro atoms. The zero-order valence-electron chi connectivity index (χ0n) is 8.57. The average Bonchev–Trinajstić information content (AvgIpc) is 2.26. The first-order valence-electron chi connectivity index (χ1n) is 4.74. The number of carboxylic acid groups (broad SMARTS) is 1. The fourth-order valence-corrected chi connectivity index (χ4v) is 2.03. The summed E-state index contributed by atoms with van der Waals surface area (Å²) in [5, 5.41) is 8.75. The van der Waals surface area contributed by atoms with E-state index in [0.717, 1.165) is 6.42 Å². The highest BCUT2D eigenvalue weighted by Gasteiger charge is 2.08. The van der Waals surface area contributed by atoms with E-state index in [1.54, 1.807) is 0 Å². The number of rotatable bonds is 5. The third-order valence-electron chi connectivity index (χ3n) is 1.90. The van der Waals surface area contributed by atoms with Crippen LogP contribution in [0.2, 0.25) is 0 Å². The van der Waals surface area contributed by atoms with Crippen LogP contribution in [0.5, 0.6) is 0 Å². The molecule has 0 atom stereocenters. The van der Waals surface area contributed by atoms with Crippen molar-refractivity contribution < 1.29 is 14.3 Å². The summed E-state index contributed by atoms with van der Waals surface area (Å²) < 4.78 is 13.3. The van der Waals surface area contributed by atoms with Crippen LogP contribution in [-0.4, -0.2) is 16.8 Å². The highest BCUT2D eigenvalue weighted by molar-refractivity contribution is 7.99. The van der Waals surface area contributed by atoms with Gasteiger partial charge in [-0.3, -0.25) is 0 Å². The van der Waals surface area contributed by atoms with Gasteiger partial charge in [-0.25, -0.2) is 9.18 Å². The third-order valence-corrected chi connectivity index (χ3v) is 3.02. The first-order valence-corrected chi connectivity index (χ1v) is 5.73. The summed E-state index contributed by atoms with van der Waals surface area (Å²) >= 11 is 1.28. The highest BCUT2D eigenvalue weighted by atomic mass is 32.2. The van der Waals surface area contributed by atoms with Crippen molar-refractivity contribution in [2.75, 3.05) is 5.75 Å². The molecule has 16 heavy (non-hydrogen) atoms. The fraction of sp³-hybridized carbons (Fsp3) is 0.250. The van der Waals surface area contributed by atoms with Crippen LogP contribution < -0.4 is 0 Å². The van der Waals surface area contributed by atoms with E-state index in [9.17, 15) is 9.18 Å². The summed E-state index contributed by atoms with van der Waals surface area (Å²) in [5.74, 6) is 1.74. The average molecular weight is 238 g/mol. The summed E-state index contributed by atoms with van der Waals surface area (Å²) in [4.78, 5) is 11.0. The molecule has 0 radical (unpaired) electrons. The van der Waals surface area contributed by atoms with Crippen LogP contribution in [0.25, 0.3) is 0 Å². The van der Waals surface area contributed by atoms with Gasteiger partial charge in [0.1, 0.15) is 5.82 Å². The molecule has 0 unspecified atom stereocenters. The van der Waals surface area contributed by atoms with Crippen LogP contribution in [-0.2, 0) is 0 Å². The number of terminal acetylenes is 1. The van der Waals surface area contributed by atoms with Crippen molar-refractivity contribution in [3.63, 3.8) is 0 Å². The molecule has 0 saturated carbocycles. The molecule has 0 aliphatic rings. The SMILES string of the molecule is C#CCCCSc1cc(C(=O)O)ccc1F. The van der Waals surface area contributed by atoms with Crippen LogP contribution in [0.1, 0.15) is 23.2 Å². The first-order chi connectivity index (χ1) is 7.65. The van der Waals surface area contributed by atoms with E-state index in [1.165, 1.54) is 30.0 Å². The van der Waals surface area contributed by atoms with Gasteiger partial charge in [0, 0.05) is 11.3 Å². The monoisotopic (exact) mass is 238 g/mol. The number of aromatic carboxylic acids is 1. The molecule has 0 amide bonds. The van der Waals surface area contributed by atoms with Crippen molar-refractivity contribution in [1.29, 1.82) is 0 Å². The smallest absolute Gasteiger partial charge is 0.335 e. The number of halogens is 1. The van der Waals surface area contributed by atoms with E-state index in [4.69, 9.17) is 11.5 Å². The van der Waals surface area contributed by atoms with E-state index >= 15 is 0 Å². The van der Waals surface area contributed by atoms with Crippen molar-refractivity contribution in [3.05, 3.63) is 29.6 Å². The molecular weight excluding hydrogens is 227 g/mol. The standard InChI is InChI=1S/C12H11FO2S/c1-2-3-4-7-16-11-8-9(12(14)15)5-6-10(11)13/h1,5-6,8H,3-4,7H2,(H,14,15). The molecule has 1 aromatic carbocycles. The Morgan fingerprint density at radius 1 is 1.56 bits per heavy atom. The van der Waals surface area contributed by atoms with Crippen LogP contribution in [0.4, 0.5) is 4.39 Å². The lowest BCUT2D eigenvalue weighted by Crippen LogP contribution is -1.97. The number of hydrogen-bond acceptors (Lipinski definition) is 2. The predicted molar refractivity (Wildman–Crippen MR) is 62.2 cm³/mol. The molecule has 4 heteroatoms. The second-order valence-corrected chi connectivity index (χ2v) is 4.24. The van der Waals surface area contributed by atoms with Gasteiger partial charge < -0.3 is 5.11 Å². The Kier molecular flexibility index (Phi) is 4.87. The van der Waals surface area contributed by atoms with Gasteiger partial charge in [0.2, 0.25) is 0 Å². The summed E-state index contributed by atoms with van der Waals surface area (Å²) in [6.07, 6.45) is 6.53. The molecule has 1 aromatic rings. The number of thioether (sulfide) groups is 1. The van der Waals surface area contributed by atoms with Gasteiger partial charge in [0.25, 0.3) is 0 Å². The second kappa shape index (κ2) is 6.19. The number of unbranched alkanes of at least 4 members (excludes halogenated alkanes) is 1. The Bertz CT molecular complexity index is 424. The molecule has 0 fully saturated rings. The normalized spacial score (nSPS) is 9.75. The Morgan fingerprint density at radius 3 is 2.94 bits per heavy atom. The van der Waals surface area contributed by atoms with Crippen LogP contribution >= 0.6 is 11.8 Å². The van der Waals surface area contributed by atoms with E-state index < -0.39 is 11.8 Å². The van der Waals surface area contributed by atoms with Gasteiger partial charge in [0.05, 0.1) is 5.56 Å². The Balaban J connectivity index is 2.67. The van der Waals surface area contributed by atoms with Gasteiger partial charge in [-0.2, -0.15) is 0 Å². The van der Waals surface area contributed by atoms with Crippen molar-refractivity contribution >= 4 is 17.7 Å².